The predicted octanol–water partition coefficient (Wildman–Crippen LogP) is 3.11. The molecule has 1 amide bonds. The molecule has 4 nitrogen and oxygen atoms in total. The second-order valence-electron chi connectivity index (χ2n) is 4.35. The van der Waals surface area contributed by atoms with Gasteiger partial charge in [-0.25, -0.2) is 0 Å². The van der Waals surface area contributed by atoms with Crippen LogP contribution in [-0.2, 0) is 9.63 Å². The molecular formula is C16H14N2O2. The predicted molar refractivity (Wildman–Crippen MR) is 78.2 cm³/mol. The van der Waals surface area contributed by atoms with Crippen LogP contribution in [0, 0.1) is 0 Å². The molecule has 0 unspecified atom stereocenters. The molecule has 2 aromatic carbocycles. The first-order valence-corrected chi connectivity index (χ1v) is 6.51. The van der Waals surface area contributed by atoms with Crippen LogP contribution >= 0.6 is 0 Å². The Bertz CT molecular complexity index is 665. The van der Waals surface area contributed by atoms with Gasteiger partial charge in [0.05, 0.1) is 5.69 Å². The van der Waals surface area contributed by atoms with Gasteiger partial charge in [-0.1, -0.05) is 41.6 Å². The summed E-state index contributed by atoms with van der Waals surface area (Å²) in [7, 11) is 0. The lowest BCUT2D eigenvalue weighted by molar-refractivity contribution is -0.111. The molecule has 0 spiro atoms. The number of carbonyl (C=O) groups is 1. The highest BCUT2D eigenvalue weighted by Crippen LogP contribution is 2.35. The van der Waals surface area contributed by atoms with E-state index in [0.717, 1.165) is 16.9 Å². The Balaban J connectivity index is 2.12. The highest BCUT2D eigenvalue weighted by atomic mass is 16.6. The Morgan fingerprint density at radius 1 is 1.05 bits per heavy atom. The van der Waals surface area contributed by atoms with E-state index in [9.17, 15) is 4.79 Å². The number of amides is 1. The Morgan fingerprint density at radius 3 is 2.50 bits per heavy atom. The van der Waals surface area contributed by atoms with Crippen LogP contribution in [0.25, 0.3) is 0 Å². The molecule has 2 aromatic rings. The summed E-state index contributed by atoms with van der Waals surface area (Å²) in [6, 6.07) is 17.1. The fraction of sp³-hybridized carbons (Fsp3) is 0.125. The van der Waals surface area contributed by atoms with Gasteiger partial charge >= 0.3 is 0 Å². The van der Waals surface area contributed by atoms with Crippen LogP contribution in [0.15, 0.2) is 59.8 Å². The molecule has 0 aliphatic carbocycles. The number of anilines is 2. The molecular weight excluding hydrogens is 252 g/mol. The van der Waals surface area contributed by atoms with Gasteiger partial charge < -0.3 is 4.84 Å². The molecule has 0 radical (unpaired) electrons. The molecule has 3 rings (SSSR count). The van der Waals surface area contributed by atoms with Crippen molar-refractivity contribution in [2.75, 3.05) is 11.5 Å². The van der Waals surface area contributed by atoms with Crippen LogP contribution in [-0.4, -0.2) is 18.2 Å². The zero-order valence-electron chi connectivity index (χ0n) is 11.1. The van der Waals surface area contributed by atoms with Crippen LogP contribution in [0.2, 0.25) is 0 Å². The van der Waals surface area contributed by atoms with Crippen molar-refractivity contribution in [1.82, 2.24) is 0 Å². The minimum absolute atomic E-state index is 0.161. The van der Waals surface area contributed by atoms with E-state index >= 15 is 0 Å². The minimum Gasteiger partial charge on any atom is -0.395 e. The molecule has 20 heavy (non-hydrogen) atoms. The molecule has 0 fully saturated rings. The first-order chi connectivity index (χ1) is 9.83. The highest BCUT2D eigenvalue weighted by molar-refractivity contribution is 6.55. The van der Waals surface area contributed by atoms with Gasteiger partial charge in [0, 0.05) is 11.3 Å². The van der Waals surface area contributed by atoms with E-state index in [-0.39, 0.29) is 5.91 Å². The largest absolute Gasteiger partial charge is 0.395 e. The topological polar surface area (TPSA) is 41.9 Å². The lowest BCUT2D eigenvalue weighted by atomic mass is 10.1. The number of fused-ring (bicyclic) bond motifs is 1. The van der Waals surface area contributed by atoms with Gasteiger partial charge in [0.15, 0.2) is 5.71 Å². The molecule has 100 valence electrons. The molecule has 0 bridgehead atoms. The standard InChI is InChI=1S/C16H14N2O2/c1-2-20-17-15-13-10-6-7-11-14(13)18(16(15)19)12-8-4-3-5-9-12/h3-11H,2H2,1H3. The van der Waals surface area contributed by atoms with Crippen molar-refractivity contribution in [3.05, 3.63) is 60.2 Å². The van der Waals surface area contributed by atoms with E-state index in [1.165, 1.54) is 0 Å². The average molecular weight is 266 g/mol. The molecule has 4 heteroatoms. The summed E-state index contributed by atoms with van der Waals surface area (Å²) in [5, 5.41) is 3.97. The normalized spacial score (nSPS) is 15.6. The van der Waals surface area contributed by atoms with Crippen LogP contribution in [0.5, 0.6) is 0 Å². The van der Waals surface area contributed by atoms with Crippen LogP contribution < -0.4 is 4.90 Å². The van der Waals surface area contributed by atoms with Crippen molar-refractivity contribution in [3.63, 3.8) is 0 Å². The van der Waals surface area contributed by atoms with Gasteiger partial charge in [-0.15, -0.1) is 0 Å². The third-order valence-corrected chi connectivity index (χ3v) is 3.11. The number of hydrogen-bond acceptors (Lipinski definition) is 3. The number of para-hydroxylation sites is 2. The average Bonchev–Trinajstić information content (AvgIpc) is 2.78. The van der Waals surface area contributed by atoms with Crippen molar-refractivity contribution < 1.29 is 9.63 Å². The second kappa shape index (κ2) is 5.17. The van der Waals surface area contributed by atoms with Crippen molar-refractivity contribution in [2.24, 2.45) is 5.16 Å². The molecule has 0 saturated heterocycles. The Morgan fingerprint density at radius 2 is 1.75 bits per heavy atom. The number of benzene rings is 2. The van der Waals surface area contributed by atoms with Crippen LogP contribution in [0.4, 0.5) is 11.4 Å². The number of oxime groups is 1. The number of nitrogens with zero attached hydrogens (tertiary/aromatic N) is 2. The second-order valence-corrected chi connectivity index (χ2v) is 4.35. The zero-order chi connectivity index (χ0) is 13.9. The Hall–Kier alpha value is -2.62. The van der Waals surface area contributed by atoms with E-state index in [1.807, 2.05) is 61.5 Å². The lowest BCUT2D eigenvalue weighted by Gasteiger charge is -2.16. The van der Waals surface area contributed by atoms with Crippen molar-refractivity contribution in [1.29, 1.82) is 0 Å². The summed E-state index contributed by atoms with van der Waals surface area (Å²) in [5.41, 5.74) is 2.81. The molecule has 0 N–H and O–H groups in total. The van der Waals surface area contributed by atoms with Gasteiger partial charge in [0.2, 0.25) is 0 Å². The third kappa shape index (κ3) is 1.95. The number of rotatable bonds is 3. The summed E-state index contributed by atoms with van der Waals surface area (Å²) in [6.07, 6.45) is 0. The zero-order valence-corrected chi connectivity index (χ0v) is 11.1. The molecule has 0 saturated carbocycles. The van der Waals surface area contributed by atoms with Gasteiger partial charge in [-0.05, 0) is 25.1 Å². The Kier molecular flexibility index (Phi) is 3.21. The van der Waals surface area contributed by atoms with E-state index < -0.39 is 0 Å². The number of carbonyl (C=O) groups excluding carboxylic acids is 1. The Labute approximate surface area is 117 Å². The summed E-state index contributed by atoms with van der Waals surface area (Å²) in [5.74, 6) is -0.161. The number of hydrogen-bond donors (Lipinski definition) is 0. The molecule has 0 atom stereocenters. The van der Waals surface area contributed by atoms with Gasteiger partial charge in [-0.2, -0.15) is 0 Å². The molecule has 1 aliphatic heterocycles. The summed E-state index contributed by atoms with van der Waals surface area (Å²) < 4.78 is 0. The van der Waals surface area contributed by atoms with Gasteiger partial charge in [0.1, 0.15) is 6.61 Å². The monoisotopic (exact) mass is 266 g/mol. The molecule has 0 aromatic heterocycles. The summed E-state index contributed by atoms with van der Waals surface area (Å²) in [4.78, 5) is 19.3. The van der Waals surface area contributed by atoms with Crippen LogP contribution in [0.1, 0.15) is 12.5 Å². The SMILES string of the molecule is CCON=C1C(=O)N(c2ccccc2)c2ccccc21. The van der Waals surface area contributed by atoms with Crippen molar-refractivity contribution >= 4 is 23.0 Å². The van der Waals surface area contributed by atoms with E-state index in [1.54, 1.807) is 4.90 Å². The maximum absolute atomic E-state index is 12.6. The smallest absolute Gasteiger partial charge is 0.285 e. The van der Waals surface area contributed by atoms with E-state index in [0.29, 0.717) is 12.3 Å². The summed E-state index contributed by atoms with van der Waals surface area (Å²) >= 11 is 0. The fourth-order valence-electron chi connectivity index (χ4n) is 2.25. The van der Waals surface area contributed by atoms with Gasteiger partial charge in [0.25, 0.3) is 5.91 Å². The first kappa shape index (κ1) is 12.4. The van der Waals surface area contributed by atoms with Gasteiger partial charge in [-0.3, -0.25) is 9.69 Å². The quantitative estimate of drug-likeness (QED) is 0.801. The molecule has 1 aliphatic rings. The maximum atomic E-state index is 12.6. The highest BCUT2D eigenvalue weighted by Gasteiger charge is 2.35. The minimum atomic E-state index is -0.161. The maximum Gasteiger partial charge on any atom is 0.285 e. The third-order valence-electron chi connectivity index (χ3n) is 3.11. The van der Waals surface area contributed by atoms with E-state index in [2.05, 4.69) is 5.16 Å². The van der Waals surface area contributed by atoms with E-state index in [4.69, 9.17) is 4.84 Å². The fourth-order valence-corrected chi connectivity index (χ4v) is 2.25. The van der Waals surface area contributed by atoms with Crippen molar-refractivity contribution in [2.45, 2.75) is 6.92 Å². The molecule has 1 heterocycles. The van der Waals surface area contributed by atoms with Crippen molar-refractivity contribution in [3.8, 4) is 0 Å². The summed E-state index contributed by atoms with van der Waals surface area (Å²) in [6.45, 7) is 2.27. The van der Waals surface area contributed by atoms with Crippen LogP contribution in [0.3, 0.4) is 0 Å². The lowest BCUT2D eigenvalue weighted by Crippen LogP contribution is -2.25. The first-order valence-electron chi connectivity index (χ1n) is 6.51.